The van der Waals surface area contributed by atoms with Crippen LogP contribution in [0.4, 0.5) is 0 Å². The van der Waals surface area contributed by atoms with E-state index < -0.39 is 0 Å². The molecule has 0 radical (unpaired) electrons. The second-order valence-corrected chi connectivity index (χ2v) is 6.70. The van der Waals surface area contributed by atoms with Crippen LogP contribution in [0.3, 0.4) is 0 Å². The van der Waals surface area contributed by atoms with Crippen molar-refractivity contribution in [3.05, 3.63) is 65.7 Å². The molecule has 1 saturated heterocycles. The second-order valence-electron chi connectivity index (χ2n) is 6.70. The number of nitrogens with zero attached hydrogens (tertiary/aromatic N) is 2. The molecule has 5 nitrogen and oxygen atoms in total. The van der Waals surface area contributed by atoms with E-state index in [1.54, 1.807) is 7.11 Å². The van der Waals surface area contributed by atoms with Crippen LogP contribution in [0.1, 0.15) is 22.0 Å². The Bertz CT molecular complexity index is 695. The predicted octanol–water partition coefficient (Wildman–Crippen LogP) is 2.41. The van der Waals surface area contributed by atoms with E-state index in [4.69, 9.17) is 4.74 Å². The lowest BCUT2D eigenvalue weighted by Gasteiger charge is -2.38. The zero-order valence-electron chi connectivity index (χ0n) is 15.5. The van der Waals surface area contributed by atoms with Crippen LogP contribution < -0.4 is 10.1 Å². The first kappa shape index (κ1) is 18.4. The van der Waals surface area contributed by atoms with Crippen molar-refractivity contribution in [1.82, 2.24) is 15.1 Å². The average molecular weight is 353 g/mol. The van der Waals surface area contributed by atoms with Gasteiger partial charge >= 0.3 is 0 Å². The fraction of sp³-hybridized carbons (Fsp3) is 0.381. The first-order valence-corrected chi connectivity index (χ1v) is 9.07. The lowest BCUT2D eigenvalue weighted by molar-refractivity contribution is 0.0886. The summed E-state index contributed by atoms with van der Waals surface area (Å²) in [7, 11) is 3.82. The van der Waals surface area contributed by atoms with E-state index in [2.05, 4.69) is 34.3 Å². The molecule has 0 aliphatic carbocycles. The van der Waals surface area contributed by atoms with Gasteiger partial charge < -0.3 is 15.0 Å². The Morgan fingerprint density at radius 1 is 1.04 bits per heavy atom. The summed E-state index contributed by atoms with van der Waals surface area (Å²) in [6, 6.07) is 17.7. The molecular formula is C21H27N3O2. The minimum Gasteiger partial charge on any atom is -0.497 e. The largest absolute Gasteiger partial charge is 0.497 e. The molecule has 1 heterocycles. The first-order valence-electron chi connectivity index (χ1n) is 9.07. The molecule has 0 bridgehead atoms. The number of ether oxygens (including phenoxy) is 1. The summed E-state index contributed by atoms with van der Waals surface area (Å²) in [5.74, 6) is 0.817. The van der Waals surface area contributed by atoms with Gasteiger partial charge in [-0.1, -0.05) is 30.3 Å². The summed E-state index contributed by atoms with van der Waals surface area (Å²) in [6.45, 7) is 4.66. The molecule has 1 aliphatic heterocycles. The summed E-state index contributed by atoms with van der Waals surface area (Å²) < 4.78 is 5.27. The summed E-state index contributed by atoms with van der Waals surface area (Å²) in [5.41, 5.74) is 1.89. The first-order chi connectivity index (χ1) is 12.7. The van der Waals surface area contributed by atoms with E-state index in [-0.39, 0.29) is 11.9 Å². The van der Waals surface area contributed by atoms with Gasteiger partial charge in [-0.25, -0.2) is 0 Å². The normalized spacial score (nSPS) is 16.8. The lowest BCUT2D eigenvalue weighted by atomic mass is 10.0. The molecule has 26 heavy (non-hydrogen) atoms. The zero-order chi connectivity index (χ0) is 18.4. The van der Waals surface area contributed by atoms with Crippen molar-refractivity contribution in [3.8, 4) is 5.75 Å². The molecular weight excluding hydrogens is 326 g/mol. The third-order valence-electron chi connectivity index (χ3n) is 4.97. The van der Waals surface area contributed by atoms with Crippen molar-refractivity contribution < 1.29 is 9.53 Å². The van der Waals surface area contributed by atoms with Crippen molar-refractivity contribution in [2.45, 2.75) is 6.04 Å². The SMILES string of the molecule is COc1ccc([C@@H](CNC(=O)c2ccccc2)N2CCN(C)CC2)cc1. The molecule has 2 aromatic carbocycles. The predicted molar refractivity (Wildman–Crippen MR) is 104 cm³/mol. The minimum atomic E-state index is -0.0294. The lowest BCUT2D eigenvalue weighted by Crippen LogP contribution is -2.48. The highest BCUT2D eigenvalue weighted by Gasteiger charge is 2.24. The Hall–Kier alpha value is -2.37. The van der Waals surface area contributed by atoms with Gasteiger partial charge in [-0.2, -0.15) is 0 Å². The van der Waals surface area contributed by atoms with Crippen molar-refractivity contribution in [3.63, 3.8) is 0 Å². The topological polar surface area (TPSA) is 44.8 Å². The highest BCUT2D eigenvalue weighted by Crippen LogP contribution is 2.24. The van der Waals surface area contributed by atoms with E-state index in [0.717, 1.165) is 31.9 Å². The number of piperazine rings is 1. The minimum absolute atomic E-state index is 0.0294. The summed E-state index contributed by atoms with van der Waals surface area (Å²) in [5, 5.41) is 3.11. The van der Waals surface area contributed by atoms with Crippen LogP contribution in [0, 0.1) is 0 Å². The Kier molecular flexibility index (Phi) is 6.26. The molecule has 0 saturated carbocycles. The van der Waals surface area contributed by atoms with E-state index in [1.807, 2.05) is 42.5 Å². The van der Waals surface area contributed by atoms with E-state index >= 15 is 0 Å². The number of likely N-dealkylation sites (N-methyl/N-ethyl adjacent to an activating group) is 1. The summed E-state index contributed by atoms with van der Waals surface area (Å²) in [6.07, 6.45) is 0. The van der Waals surface area contributed by atoms with Crippen LogP contribution in [0.5, 0.6) is 5.75 Å². The highest BCUT2D eigenvalue weighted by molar-refractivity contribution is 5.94. The molecule has 1 fully saturated rings. The Morgan fingerprint density at radius 3 is 2.31 bits per heavy atom. The molecule has 1 amide bonds. The molecule has 0 spiro atoms. The van der Waals surface area contributed by atoms with Gasteiger partial charge in [0.2, 0.25) is 0 Å². The third-order valence-corrected chi connectivity index (χ3v) is 4.97. The molecule has 3 rings (SSSR count). The van der Waals surface area contributed by atoms with Gasteiger partial charge in [-0.15, -0.1) is 0 Å². The number of methoxy groups -OCH3 is 1. The van der Waals surface area contributed by atoms with Gasteiger partial charge in [0.15, 0.2) is 0 Å². The summed E-state index contributed by atoms with van der Waals surface area (Å²) in [4.78, 5) is 17.2. The molecule has 1 atom stereocenters. The number of nitrogens with one attached hydrogen (secondary N) is 1. The van der Waals surface area contributed by atoms with Crippen LogP contribution in [0.2, 0.25) is 0 Å². The Labute approximate surface area is 155 Å². The number of hydrogen-bond acceptors (Lipinski definition) is 4. The van der Waals surface area contributed by atoms with Crippen LogP contribution in [-0.4, -0.2) is 62.6 Å². The smallest absolute Gasteiger partial charge is 0.251 e. The number of benzene rings is 2. The molecule has 5 heteroatoms. The fourth-order valence-corrected chi connectivity index (χ4v) is 3.30. The number of rotatable bonds is 6. The number of amides is 1. The maximum Gasteiger partial charge on any atom is 0.251 e. The molecule has 138 valence electrons. The molecule has 1 N–H and O–H groups in total. The maximum atomic E-state index is 12.5. The van der Waals surface area contributed by atoms with Gasteiger partial charge in [0, 0.05) is 38.3 Å². The maximum absolute atomic E-state index is 12.5. The van der Waals surface area contributed by atoms with E-state index in [9.17, 15) is 4.79 Å². The monoisotopic (exact) mass is 353 g/mol. The van der Waals surface area contributed by atoms with Gasteiger partial charge in [0.1, 0.15) is 5.75 Å². The van der Waals surface area contributed by atoms with Gasteiger partial charge in [-0.3, -0.25) is 9.69 Å². The van der Waals surface area contributed by atoms with Crippen LogP contribution in [-0.2, 0) is 0 Å². The second kappa shape index (κ2) is 8.83. The third kappa shape index (κ3) is 4.62. The molecule has 0 aromatic heterocycles. The molecule has 1 aliphatic rings. The average Bonchev–Trinajstić information content (AvgIpc) is 2.70. The van der Waals surface area contributed by atoms with Crippen molar-refractivity contribution >= 4 is 5.91 Å². The van der Waals surface area contributed by atoms with Gasteiger partial charge in [0.05, 0.1) is 13.2 Å². The number of carbonyl (C=O) groups is 1. The highest BCUT2D eigenvalue weighted by atomic mass is 16.5. The van der Waals surface area contributed by atoms with E-state index in [1.165, 1.54) is 5.56 Å². The molecule has 0 unspecified atom stereocenters. The van der Waals surface area contributed by atoms with Gasteiger partial charge in [0.25, 0.3) is 5.91 Å². The van der Waals surface area contributed by atoms with Crippen molar-refractivity contribution in [1.29, 1.82) is 0 Å². The fourth-order valence-electron chi connectivity index (χ4n) is 3.30. The molecule has 2 aromatic rings. The van der Waals surface area contributed by atoms with Crippen LogP contribution in [0.15, 0.2) is 54.6 Å². The van der Waals surface area contributed by atoms with Gasteiger partial charge in [-0.05, 0) is 36.9 Å². The number of hydrogen-bond donors (Lipinski definition) is 1. The summed E-state index contributed by atoms with van der Waals surface area (Å²) >= 11 is 0. The zero-order valence-corrected chi connectivity index (χ0v) is 15.5. The standard InChI is InChI=1S/C21H27N3O2/c1-23-12-14-24(15-13-23)20(17-8-10-19(26-2)11-9-17)16-22-21(25)18-6-4-3-5-7-18/h3-11,20H,12-16H2,1-2H3,(H,22,25)/t20-/m1/s1. The van der Waals surface area contributed by atoms with Crippen LogP contribution in [0.25, 0.3) is 0 Å². The number of carbonyl (C=O) groups excluding carboxylic acids is 1. The Morgan fingerprint density at radius 2 is 1.69 bits per heavy atom. The van der Waals surface area contributed by atoms with Crippen molar-refractivity contribution in [2.75, 3.05) is 46.9 Å². The quantitative estimate of drug-likeness (QED) is 0.866. The Balaban J connectivity index is 1.72. The van der Waals surface area contributed by atoms with E-state index in [0.29, 0.717) is 12.1 Å². The van der Waals surface area contributed by atoms with Crippen molar-refractivity contribution in [2.24, 2.45) is 0 Å². The van der Waals surface area contributed by atoms with Crippen LogP contribution >= 0.6 is 0 Å².